The zero-order valence-corrected chi connectivity index (χ0v) is 11.9. The molecule has 0 bridgehead atoms. The number of aliphatic hydroxyl groups excluding tert-OH is 1. The fraction of sp³-hybridized carbons (Fsp3) is 0.294. The molecule has 0 heterocycles. The number of aliphatic hydroxyl groups is 1. The Kier molecular flexibility index (Phi) is 5.16. The van der Waals surface area contributed by atoms with Crippen molar-refractivity contribution in [3.05, 3.63) is 54.1 Å². The molecule has 0 radical (unpaired) electrons. The van der Waals surface area contributed by atoms with Gasteiger partial charge in [0.05, 0.1) is 6.61 Å². The lowest BCUT2D eigenvalue weighted by Gasteiger charge is -2.11. The minimum atomic E-state index is -0.600. The van der Waals surface area contributed by atoms with E-state index in [0.29, 0.717) is 0 Å². The third-order valence-corrected chi connectivity index (χ3v) is 3.04. The van der Waals surface area contributed by atoms with Gasteiger partial charge >= 0.3 is 0 Å². The van der Waals surface area contributed by atoms with Gasteiger partial charge in [0.15, 0.2) is 0 Å². The predicted octanol–water partition coefficient (Wildman–Crippen LogP) is 3.05. The van der Waals surface area contributed by atoms with Crippen LogP contribution in [0, 0.1) is 6.92 Å². The van der Waals surface area contributed by atoms with Gasteiger partial charge in [-0.25, -0.2) is 0 Å². The molecular weight excluding hydrogens is 252 g/mol. The summed E-state index contributed by atoms with van der Waals surface area (Å²) in [6.45, 7) is 2.59. The van der Waals surface area contributed by atoms with Crippen LogP contribution in [-0.2, 0) is 4.74 Å². The van der Waals surface area contributed by atoms with Crippen LogP contribution in [0.2, 0.25) is 0 Å². The van der Waals surface area contributed by atoms with Gasteiger partial charge in [0, 0.05) is 7.11 Å². The van der Waals surface area contributed by atoms with E-state index in [1.807, 2.05) is 24.3 Å². The predicted molar refractivity (Wildman–Crippen MR) is 80.0 cm³/mol. The molecule has 0 aromatic heterocycles. The molecule has 3 nitrogen and oxygen atoms in total. The monoisotopic (exact) mass is 272 g/mol. The second kappa shape index (κ2) is 7.08. The maximum absolute atomic E-state index is 9.52. The molecule has 2 aromatic rings. The lowest BCUT2D eigenvalue weighted by atomic mass is 10.0. The van der Waals surface area contributed by atoms with Crippen LogP contribution in [0.15, 0.2) is 48.5 Å². The van der Waals surface area contributed by atoms with Crippen LogP contribution < -0.4 is 4.74 Å². The molecule has 20 heavy (non-hydrogen) atoms. The topological polar surface area (TPSA) is 38.7 Å². The van der Waals surface area contributed by atoms with Gasteiger partial charge in [-0.3, -0.25) is 0 Å². The maximum Gasteiger partial charge on any atom is 0.119 e. The summed E-state index contributed by atoms with van der Waals surface area (Å²) in [6, 6.07) is 16.3. The molecule has 2 aromatic carbocycles. The Labute approximate surface area is 119 Å². The molecule has 0 spiro atoms. The van der Waals surface area contributed by atoms with Crippen LogP contribution in [0.1, 0.15) is 5.56 Å². The summed E-state index contributed by atoms with van der Waals surface area (Å²) >= 11 is 0. The number of hydrogen-bond acceptors (Lipinski definition) is 3. The zero-order chi connectivity index (χ0) is 14.4. The maximum atomic E-state index is 9.52. The van der Waals surface area contributed by atoms with Crippen LogP contribution in [0.25, 0.3) is 11.1 Å². The van der Waals surface area contributed by atoms with Crippen LogP contribution in [0.3, 0.4) is 0 Å². The molecule has 106 valence electrons. The molecule has 0 saturated heterocycles. The first-order chi connectivity index (χ1) is 9.69. The molecule has 2 rings (SSSR count). The molecule has 1 atom stereocenters. The lowest BCUT2D eigenvalue weighted by Crippen LogP contribution is -2.22. The normalized spacial score (nSPS) is 12.2. The fourth-order valence-electron chi connectivity index (χ4n) is 1.92. The molecule has 0 fully saturated rings. The highest BCUT2D eigenvalue weighted by Crippen LogP contribution is 2.22. The Bertz CT molecular complexity index is 517. The smallest absolute Gasteiger partial charge is 0.119 e. The Hall–Kier alpha value is -1.84. The molecule has 0 aliphatic carbocycles. The van der Waals surface area contributed by atoms with Crippen molar-refractivity contribution in [3.63, 3.8) is 0 Å². The summed E-state index contributed by atoms with van der Waals surface area (Å²) in [6.07, 6.45) is -0.600. The van der Waals surface area contributed by atoms with Crippen molar-refractivity contribution < 1.29 is 14.6 Å². The third kappa shape index (κ3) is 4.08. The highest BCUT2D eigenvalue weighted by molar-refractivity contribution is 5.64. The summed E-state index contributed by atoms with van der Waals surface area (Å²) in [5.74, 6) is 0.746. The molecular formula is C17H20O3. The second-order valence-electron chi connectivity index (χ2n) is 4.81. The Morgan fingerprint density at radius 2 is 1.45 bits per heavy atom. The van der Waals surface area contributed by atoms with Crippen LogP contribution in [0.5, 0.6) is 5.75 Å². The fourth-order valence-corrected chi connectivity index (χ4v) is 1.92. The Morgan fingerprint density at radius 1 is 0.900 bits per heavy atom. The van der Waals surface area contributed by atoms with E-state index in [4.69, 9.17) is 9.47 Å². The number of aryl methyl sites for hydroxylation is 1. The van der Waals surface area contributed by atoms with Crippen LogP contribution in [0.4, 0.5) is 0 Å². The van der Waals surface area contributed by atoms with E-state index < -0.39 is 6.10 Å². The minimum Gasteiger partial charge on any atom is -0.491 e. The molecule has 0 aliphatic rings. The van der Waals surface area contributed by atoms with Gasteiger partial charge in [0.1, 0.15) is 18.5 Å². The summed E-state index contributed by atoms with van der Waals surface area (Å²) in [7, 11) is 1.56. The lowest BCUT2D eigenvalue weighted by molar-refractivity contribution is 0.0325. The summed E-state index contributed by atoms with van der Waals surface area (Å²) < 4.78 is 10.3. The van der Waals surface area contributed by atoms with Crippen molar-refractivity contribution in [1.82, 2.24) is 0 Å². The Balaban J connectivity index is 1.97. The first kappa shape index (κ1) is 14.6. The van der Waals surface area contributed by atoms with Crippen molar-refractivity contribution in [2.24, 2.45) is 0 Å². The van der Waals surface area contributed by atoms with Gasteiger partial charge < -0.3 is 14.6 Å². The first-order valence-electron chi connectivity index (χ1n) is 6.66. The first-order valence-corrected chi connectivity index (χ1v) is 6.66. The van der Waals surface area contributed by atoms with E-state index in [1.54, 1.807) is 7.11 Å². The van der Waals surface area contributed by atoms with Crippen molar-refractivity contribution in [2.75, 3.05) is 20.3 Å². The highest BCUT2D eigenvalue weighted by atomic mass is 16.5. The van der Waals surface area contributed by atoms with E-state index in [9.17, 15) is 5.11 Å². The quantitative estimate of drug-likeness (QED) is 0.878. The molecule has 0 aliphatic heterocycles. The number of hydrogen-bond donors (Lipinski definition) is 1. The molecule has 0 amide bonds. The van der Waals surface area contributed by atoms with E-state index in [2.05, 4.69) is 31.2 Å². The van der Waals surface area contributed by atoms with Gasteiger partial charge in [-0.2, -0.15) is 0 Å². The van der Waals surface area contributed by atoms with Crippen molar-refractivity contribution in [1.29, 1.82) is 0 Å². The van der Waals surface area contributed by atoms with Gasteiger partial charge in [0.2, 0.25) is 0 Å². The van der Waals surface area contributed by atoms with Crippen LogP contribution in [-0.4, -0.2) is 31.5 Å². The van der Waals surface area contributed by atoms with Gasteiger partial charge in [-0.1, -0.05) is 42.0 Å². The van der Waals surface area contributed by atoms with Crippen molar-refractivity contribution in [3.8, 4) is 16.9 Å². The second-order valence-corrected chi connectivity index (χ2v) is 4.81. The van der Waals surface area contributed by atoms with E-state index >= 15 is 0 Å². The van der Waals surface area contributed by atoms with Gasteiger partial charge in [0.25, 0.3) is 0 Å². The van der Waals surface area contributed by atoms with Crippen LogP contribution >= 0.6 is 0 Å². The number of methoxy groups -OCH3 is 1. The largest absolute Gasteiger partial charge is 0.491 e. The summed E-state index contributed by atoms with van der Waals surface area (Å²) in [4.78, 5) is 0. The minimum absolute atomic E-state index is 0.234. The summed E-state index contributed by atoms with van der Waals surface area (Å²) in [5, 5.41) is 9.52. The average Bonchev–Trinajstić information content (AvgIpc) is 2.47. The van der Waals surface area contributed by atoms with E-state index in [0.717, 1.165) is 11.3 Å². The SMILES string of the molecule is COCC(O)COc1ccc(-c2ccc(C)cc2)cc1. The van der Waals surface area contributed by atoms with E-state index in [1.165, 1.54) is 11.1 Å². The average molecular weight is 272 g/mol. The van der Waals surface area contributed by atoms with Gasteiger partial charge in [-0.15, -0.1) is 0 Å². The van der Waals surface area contributed by atoms with Crippen molar-refractivity contribution in [2.45, 2.75) is 13.0 Å². The van der Waals surface area contributed by atoms with E-state index in [-0.39, 0.29) is 13.2 Å². The summed E-state index contributed by atoms with van der Waals surface area (Å²) in [5.41, 5.74) is 3.58. The molecule has 3 heteroatoms. The number of ether oxygens (including phenoxy) is 2. The highest BCUT2D eigenvalue weighted by Gasteiger charge is 2.04. The molecule has 1 unspecified atom stereocenters. The number of rotatable bonds is 6. The third-order valence-electron chi connectivity index (χ3n) is 3.04. The van der Waals surface area contributed by atoms with Crippen molar-refractivity contribution >= 4 is 0 Å². The molecule has 1 N–H and O–H groups in total. The molecule has 0 saturated carbocycles. The Morgan fingerprint density at radius 3 is 2.00 bits per heavy atom. The number of benzene rings is 2. The standard InChI is InChI=1S/C17H20O3/c1-13-3-5-14(6-4-13)15-7-9-17(10-8-15)20-12-16(18)11-19-2/h3-10,16,18H,11-12H2,1-2H3. The zero-order valence-electron chi connectivity index (χ0n) is 11.9. The van der Waals surface area contributed by atoms with Gasteiger partial charge in [-0.05, 0) is 30.2 Å².